The molecule has 3 aromatic rings. The van der Waals surface area contributed by atoms with Crippen LogP contribution < -0.4 is 11.1 Å². The van der Waals surface area contributed by atoms with Gasteiger partial charge in [0.05, 0.1) is 5.56 Å². The van der Waals surface area contributed by atoms with E-state index in [1.165, 1.54) is 12.1 Å². The van der Waals surface area contributed by atoms with Gasteiger partial charge in [-0.15, -0.1) is 10.2 Å². The van der Waals surface area contributed by atoms with Gasteiger partial charge in [-0.25, -0.2) is 0 Å². The number of hydrogen-bond acceptors (Lipinski definition) is 5. The third-order valence-electron chi connectivity index (χ3n) is 5.16. The molecule has 0 atom stereocenters. The molecule has 0 aliphatic carbocycles. The van der Waals surface area contributed by atoms with Crippen LogP contribution in [0.1, 0.15) is 45.2 Å². The summed E-state index contributed by atoms with van der Waals surface area (Å²) in [4.78, 5) is 14.5. The molecule has 176 valence electrons. The largest absolute Gasteiger partial charge is 0.416 e. The Labute approximate surface area is 196 Å². The molecule has 34 heavy (non-hydrogen) atoms. The van der Waals surface area contributed by atoms with E-state index >= 15 is 0 Å². The minimum Gasteiger partial charge on any atom is -0.382 e. The van der Waals surface area contributed by atoms with E-state index in [9.17, 15) is 18.0 Å². The van der Waals surface area contributed by atoms with Gasteiger partial charge in [0.2, 0.25) is 0 Å². The van der Waals surface area contributed by atoms with Crippen molar-refractivity contribution in [2.75, 3.05) is 24.6 Å². The van der Waals surface area contributed by atoms with Crippen molar-refractivity contribution in [1.29, 1.82) is 0 Å². The van der Waals surface area contributed by atoms with E-state index in [4.69, 9.17) is 5.73 Å². The van der Waals surface area contributed by atoms with E-state index in [1.807, 2.05) is 13.8 Å². The number of rotatable bonds is 5. The molecular formula is C25H24F3N5O. The molecule has 0 spiro atoms. The number of nitrogens with zero attached hydrogens (tertiary/aromatic N) is 3. The van der Waals surface area contributed by atoms with Gasteiger partial charge in [-0.05, 0) is 74.0 Å². The highest BCUT2D eigenvalue weighted by Gasteiger charge is 2.33. The fourth-order valence-electron chi connectivity index (χ4n) is 3.10. The molecule has 0 saturated carbocycles. The number of hydrogen-bond donors (Lipinski definition) is 2. The van der Waals surface area contributed by atoms with E-state index in [1.54, 1.807) is 42.3 Å². The monoisotopic (exact) mass is 467 g/mol. The summed E-state index contributed by atoms with van der Waals surface area (Å²) in [6.07, 6.45) is -4.54. The number of amides is 1. The quantitative estimate of drug-likeness (QED) is 0.540. The normalized spacial score (nSPS) is 11.1. The summed E-state index contributed by atoms with van der Waals surface area (Å²) in [7, 11) is 1.74. The number of halogens is 3. The van der Waals surface area contributed by atoms with Crippen LogP contribution in [0.3, 0.4) is 0 Å². The Morgan fingerprint density at radius 3 is 2.50 bits per heavy atom. The van der Waals surface area contributed by atoms with Gasteiger partial charge in [0.25, 0.3) is 5.91 Å². The molecule has 3 rings (SSSR count). The van der Waals surface area contributed by atoms with Crippen molar-refractivity contribution in [3.8, 4) is 11.8 Å². The summed E-state index contributed by atoms with van der Waals surface area (Å²) in [5.41, 5.74) is 7.04. The molecule has 0 aliphatic heterocycles. The fraction of sp³-hybridized carbons (Fsp3) is 0.240. The molecule has 0 radical (unpaired) electrons. The van der Waals surface area contributed by atoms with Gasteiger partial charge >= 0.3 is 6.18 Å². The number of nitrogens with one attached hydrogen (secondary N) is 1. The summed E-state index contributed by atoms with van der Waals surface area (Å²) < 4.78 is 40.9. The number of carbonyl (C=O) groups excluding carboxylic acids is 1. The zero-order valence-electron chi connectivity index (χ0n) is 19.0. The second-order valence-corrected chi connectivity index (χ2v) is 7.78. The standard InChI is InChI=1S/C25H24F3N5O/c1-4-33(3)15-19-8-10-21(14-22(19)25(26,27)28)30-24(34)18-6-5-16(2)17(13-18)7-9-20-11-12-23(29)32-31-20/h5-6,8,10-14H,4,15H2,1-3H3,(H2,29,32)(H,30,34). The van der Waals surface area contributed by atoms with Crippen molar-refractivity contribution >= 4 is 17.4 Å². The zero-order chi connectivity index (χ0) is 24.9. The van der Waals surface area contributed by atoms with Crippen LogP contribution in [0.25, 0.3) is 0 Å². The smallest absolute Gasteiger partial charge is 0.382 e. The summed E-state index contributed by atoms with van der Waals surface area (Å²) in [6, 6.07) is 11.9. The highest BCUT2D eigenvalue weighted by atomic mass is 19.4. The highest BCUT2D eigenvalue weighted by Crippen LogP contribution is 2.34. The maximum atomic E-state index is 13.6. The molecule has 0 unspecified atom stereocenters. The Bertz CT molecular complexity index is 1240. The molecule has 9 heteroatoms. The van der Waals surface area contributed by atoms with Gasteiger partial charge in [-0.1, -0.05) is 25.0 Å². The molecule has 1 amide bonds. The first kappa shape index (κ1) is 24.7. The van der Waals surface area contributed by atoms with Gasteiger partial charge in [0, 0.05) is 23.4 Å². The van der Waals surface area contributed by atoms with Crippen LogP contribution in [0.4, 0.5) is 24.7 Å². The molecule has 3 N–H and O–H groups in total. The number of carbonyl (C=O) groups is 1. The zero-order valence-corrected chi connectivity index (χ0v) is 19.0. The first-order valence-electron chi connectivity index (χ1n) is 10.5. The maximum absolute atomic E-state index is 13.6. The molecule has 0 fully saturated rings. The van der Waals surface area contributed by atoms with Crippen LogP contribution >= 0.6 is 0 Å². The van der Waals surface area contributed by atoms with Gasteiger partial charge in [0.15, 0.2) is 0 Å². The van der Waals surface area contributed by atoms with E-state index in [-0.39, 0.29) is 29.2 Å². The topological polar surface area (TPSA) is 84.1 Å². The lowest BCUT2D eigenvalue weighted by Gasteiger charge is -2.19. The number of benzene rings is 2. The summed E-state index contributed by atoms with van der Waals surface area (Å²) in [5.74, 6) is 5.53. The lowest BCUT2D eigenvalue weighted by molar-refractivity contribution is -0.138. The van der Waals surface area contributed by atoms with Crippen molar-refractivity contribution in [2.45, 2.75) is 26.6 Å². The predicted molar refractivity (Wildman–Crippen MR) is 125 cm³/mol. The van der Waals surface area contributed by atoms with Crippen molar-refractivity contribution < 1.29 is 18.0 Å². The lowest BCUT2D eigenvalue weighted by atomic mass is 10.0. The summed E-state index contributed by atoms with van der Waals surface area (Å²) in [5, 5.41) is 10.2. The second kappa shape index (κ2) is 10.4. The first-order chi connectivity index (χ1) is 16.1. The van der Waals surface area contributed by atoms with Crippen LogP contribution in [-0.4, -0.2) is 34.6 Å². The molecule has 0 aliphatic rings. The molecule has 0 bridgehead atoms. The van der Waals surface area contributed by atoms with Gasteiger partial charge < -0.3 is 16.0 Å². The second-order valence-electron chi connectivity index (χ2n) is 7.78. The Balaban J connectivity index is 1.84. The third kappa shape index (κ3) is 6.33. The number of nitrogen functional groups attached to an aromatic ring is 1. The number of nitrogens with two attached hydrogens (primary N) is 1. The molecule has 2 aromatic carbocycles. The number of anilines is 2. The van der Waals surface area contributed by atoms with Gasteiger partial charge in [-0.2, -0.15) is 13.2 Å². The van der Waals surface area contributed by atoms with Crippen molar-refractivity contribution in [1.82, 2.24) is 15.1 Å². The Kier molecular flexibility index (Phi) is 7.54. The summed E-state index contributed by atoms with van der Waals surface area (Å²) >= 11 is 0. The highest BCUT2D eigenvalue weighted by molar-refractivity contribution is 6.04. The van der Waals surface area contributed by atoms with Crippen LogP contribution in [0.5, 0.6) is 0 Å². The van der Waals surface area contributed by atoms with E-state index in [2.05, 4.69) is 27.4 Å². The molecule has 1 aromatic heterocycles. The van der Waals surface area contributed by atoms with E-state index < -0.39 is 17.6 Å². The van der Waals surface area contributed by atoms with Crippen LogP contribution in [0.2, 0.25) is 0 Å². The maximum Gasteiger partial charge on any atom is 0.416 e. The third-order valence-corrected chi connectivity index (χ3v) is 5.16. The molecule has 0 saturated heterocycles. The lowest BCUT2D eigenvalue weighted by Crippen LogP contribution is -2.20. The number of aromatic nitrogens is 2. The minimum atomic E-state index is -4.54. The van der Waals surface area contributed by atoms with Gasteiger partial charge in [-0.3, -0.25) is 4.79 Å². The number of aryl methyl sites for hydroxylation is 1. The van der Waals surface area contributed by atoms with Crippen molar-refractivity contribution in [2.24, 2.45) is 0 Å². The SMILES string of the molecule is CCN(C)Cc1ccc(NC(=O)c2ccc(C)c(C#Cc3ccc(N)nn3)c2)cc1C(F)(F)F. The first-order valence-corrected chi connectivity index (χ1v) is 10.5. The van der Waals surface area contributed by atoms with Crippen LogP contribution in [0, 0.1) is 18.8 Å². The van der Waals surface area contributed by atoms with Crippen molar-refractivity contribution in [3.05, 3.63) is 82.0 Å². The van der Waals surface area contributed by atoms with Crippen LogP contribution in [-0.2, 0) is 12.7 Å². The Morgan fingerprint density at radius 1 is 1.09 bits per heavy atom. The van der Waals surface area contributed by atoms with Crippen molar-refractivity contribution in [3.63, 3.8) is 0 Å². The average molecular weight is 467 g/mol. The van der Waals surface area contributed by atoms with E-state index in [0.717, 1.165) is 11.6 Å². The number of alkyl halides is 3. The molecule has 6 nitrogen and oxygen atoms in total. The van der Waals surface area contributed by atoms with Crippen LogP contribution in [0.15, 0.2) is 48.5 Å². The molecule has 1 heterocycles. The van der Waals surface area contributed by atoms with Gasteiger partial charge in [0.1, 0.15) is 11.5 Å². The fourth-order valence-corrected chi connectivity index (χ4v) is 3.10. The average Bonchev–Trinajstić information content (AvgIpc) is 2.79. The minimum absolute atomic E-state index is 0.0607. The Morgan fingerprint density at radius 2 is 1.85 bits per heavy atom. The Hall–Kier alpha value is -3.90. The molecular weight excluding hydrogens is 443 g/mol. The predicted octanol–water partition coefficient (Wildman–Crippen LogP) is 4.49. The summed E-state index contributed by atoms with van der Waals surface area (Å²) in [6.45, 7) is 4.46. The van der Waals surface area contributed by atoms with E-state index in [0.29, 0.717) is 17.8 Å².